The molecule has 0 bridgehead atoms. The highest BCUT2D eigenvalue weighted by atomic mass is 16.6. The molecule has 1 unspecified atom stereocenters. The fourth-order valence-electron chi connectivity index (χ4n) is 4.19. The average Bonchev–Trinajstić information content (AvgIpc) is 2.96. The molecule has 1 N–H and O–H groups in total. The van der Waals surface area contributed by atoms with Gasteiger partial charge in [-0.25, -0.2) is 0 Å². The van der Waals surface area contributed by atoms with Crippen LogP contribution >= 0.6 is 0 Å². The van der Waals surface area contributed by atoms with E-state index in [2.05, 4.69) is 62.5 Å². The van der Waals surface area contributed by atoms with E-state index in [1.807, 2.05) is 0 Å². The van der Waals surface area contributed by atoms with Crippen LogP contribution in [0.25, 0.3) is 0 Å². The summed E-state index contributed by atoms with van der Waals surface area (Å²) >= 11 is 0. The molecule has 40 heavy (non-hydrogen) atoms. The van der Waals surface area contributed by atoms with Gasteiger partial charge in [0.1, 0.15) is 6.61 Å². The van der Waals surface area contributed by atoms with E-state index < -0.39 is 6.10 Å². The molecule has 0 aliphatic heterocycles. The van der Waals surface area contributed by atoms with E-state index in [0.717, 1.165) is 64.2 Å². The van der Waals surface area contributed by atoms with Crippen molar-refractivity contribution in [2.45, 2.75) is 148 Å². The Balaban J connectivity index is 3.69. The normalized spacial score (nSPS) is 12.8. The summed E-state index contributed by atoms with van der Waals surface area (Å²) in [7, 11) is 0. The number of aliphatic hydroxyl groups excluding tert-OH is 1. The molecule has 0 aromatic heterocycles. The van der Waals surface area contributed by atoms with Crippen LogP contribution in [0.4, 0.5) is 0 Å². The lowest BCUT2D eigenvalue weighted by Gasteiger charge is -2.15. The Hall–Kier alpha value is -2.14. The Morgan fingerprint density at radius 2 is 1.07 bits per heavy atom. The maximum absolute atomic E-state index is 12.1. The minimum absolute atomic E-state index is 0.0823. The van der Waals surface area contributed by atoms with E-state index in [0.29, 0.717) is 12.8 Å². The average molecular weight is 561 g/mol. The SMILES string of the molecule is CC/C=C\C/C=C\C/C=C\C/C=C\CCCCC(=O)OC(CO)COC(=O)CCCCCCCCCCCCC. The highest BCUT2D eigenvalue weighted by Crippen LogP contribution is 2.12. The lowest BCUT2D eigenvalue weighted by atomic mass is 10.1. The Morgan fingerprint density at radius 3 is 1.62 bits per heavy atom. The lowest BCUT2D eigenvalue weighted by Crippen LogP contribution is -2.28. The molecule has 0 aromatic carbocycles. The minimum atomic E-state index is -0.789. The summed E-state index contributed by atoms with van der Waals surface area (Å²) in [6, 6.07) is 0. The number of ether oxygens (including phenoxy) is 2. The van der Waals surface area contributed by atoms with E-state index in [9.17, 15) is 14.7 Å². The quantitative estimate of drug-likeness (QED) is 0.0586. The van der Waals surface area contributed by atoms with Gasteiger partial charge >= 0.3 is 11.9 Å². The summed E-state index contributed by atoms with van der Waals surface area (Å²) in [4.78, 5) is 24.0. The molecule has 230 valence electrons. The third-order valence-corrected chi connectivity index (χ3v) is 6.64. The molecular weight excluding hydrogens is 500 g/mol. The molecule has 0 fully saturated rings. The van der Waals surface area contributed by atoms with Gasteiger partial charge in [-0.15, -0.1) is 0 Å². The Bertz CT molecular complexity index is 692. The summed E-state index contributed by atoms with van der Waals surface area (Å²) < 4.78 is 10.5. The Labute approximate surface area is 246 Å². The van der Waals surface area contributed by atoms with Gasteiger partial charge in [0, 0.05) is 12.8 Å². The fraction of sp³-hybridized carbons (Fsp3) is 0.714. The number of unbranched alkanes of at least 4 members (excludes halogenated alkanes) is 12. The molecule has 0 rings (SSSR count). The molecule has 1 atom stereocenters. The number of carbonyl (C=O) groups is 2. The number of esters is 2. The molecule has 0 amide bonds. The third-order valence-electron chi connectivity index (χ3n) is 6.64. The van der Waals surface area contributed by atoms with Gasteiger partial charge in [0.25, 0.3) is 0 Å². The first-order valence-corrected chi connectivity index (χ1v) is 16.2. The highest BCUT2D eigenvalue weighted by Gasteiger charge is 2.16. The van der Waals surface area contributed by atoms with Crippen molar-refractivity contribution in [2.75, 3.05) is 13.2 Å². The summed E-state index contributed by atoms with van der Waals surface area (Å²) in [5.41, 5.74) is 0. The topological polar surface area (TPSA) is 72.8 Å². The zero-order valence-corrected chi connectivity index (χ0v) is 25.8. The molecule has 0 aliphatic carbocycles. The second kappa shape index (κ2) is 31.4. The molecule has 0 spiro atoms. The zero-order chi connectivity index (χ0) is 29.4. The summed E-state index contributed by atoms with van der Waals surface area (Å²) in [6.45, 7) is 3.95. The van der Waals surface area contributed by atoms with Crippen LogP contribution in [-0.4, -0.2) is 36.4 Å². The van der Waals surface area contributed by atoms with Crippen LogP contribution in [0.3, 0.4) is 0 Å². The molecule has 5 nitrogen and oxygen atoms in total. The smallest absolute Gasteiger partial charge is 0.306 e. The summed E-state index contributed by atoms with van der Waals surface area (Å²) in [5.74, 6) is -0.644. The van der Waals surface area contributed by atoms with Crippen molar-refractivity contribution in [3.05, 3.63) is 48.6 Å². The maximum atomic E-state index is 12.1. The first-order valence-electron chi connectivity index (χ1n) is 16.2. The summed E-state index contributed by atoms with van der Waals surface area (Å²) in [6.07, 6.45) is 37.3. The van der Waals surface area contributed by atoms with Crippen LogP contribution in [0.1, 0.15) is 142 Å². The number of carbonyl (C=O) groups excluding carboxylic acids is 2. The van der Waals surface area contributed by atoms with Gasteiger partial charge in [-0.2, -0.15) is 0 Å². The number of rotatable bonds is 28. The maximum Gasteiger partial charge on any atom is 0.306 e. The van der Waals surface area contributed by atoms with Crippen molar-refractivity contribution in [1.29, 1.82) is 0 Å². The van der Waals surface area contributed by atoms with Crippen LogP contribution in [0.15, 0.2) is 48.6 Å². The second-order valence-electron chi connectivity index (χ2n) is 10.5. The van der Waals surface area contributed by atoms with Gasteiger partial charge in [0.15, 0.2) is 6.10 Å². The molecule has 0 aromatic rings. The lowest BCUT2D eigenvalue weighted by molar-refractivity contribution is -0.161. The highest BCUT2D eigenvalue weighted by molar-refractivity contribution is 5.70. The molecule has 5 heteroatoms. The number of aliphatic hydroxyl groups is 1. The first-order chi connectivity index (χ1) is 19.6. The van der Waals surface area contributed by atoms with Crippen molar-refractivity contribution in [2.24, 2.45) is 0 Å². The molecule has 0 saturated carbocycles. The molecule has 0 radical (unpaired) electrons. The zero-order valence-electron chi connectivity index (χ0n) is 25.8. The third kappa shape index (κ3) is 28.9. The van der Waals surface area contributed by atoms with Crippen molar-refractivity contribution in [1.82, 2.24) is 0 Å². The van der Waals surface area contributed by atoms with Crippen molar-refractivity contribution in [3.63, 3.8) is 0 Å². The van der Waals surface area contributed by atoms with Gasteiger partial charge in [0.05, 0.1) is 6.61 Å². The fourth-order valence-corrected chi connectivity index (χ4v) is 4.19. The Kier molecular flexibility index (Phi) is 29.7. The van der Waals surface area contributed by atoms with E-state index in [1.54, 1.807) is 0 Å². The van der Waals surface area contributed by atoms with Crippen LogP contribution < -0.4 is 0 Å². The van der Waals surface area contributed by atoms with E-state index in [1.165, 1.54) is 51.4 Å². The molecule has 0 aliphatic rings. The predicted molar refractivity (Wildman–Crippen MR) is 168 cm³/mol. The standard InChI is InChI=1S/C35H60O5/c1-3-5-7-9-11-13-15-16-17-18-20-22-24-26-28-30-35(38)40-33(31-36)32-39-34(37)29-27-25-23-21-19-14-12-10-8-6-4-2/h5,7,11,13,16-17,20,22,33,36H,3-4,6,8-10,12,14-15,18-19,21,23-32H2,1-2H3/b7-5-,13-11-,17-16-,22-20-. The van der Waals surface area contributed by atoms with Gasteiger partial charge in [-0.3, -0.25) is 9.59 Å². The van der Waals surface area contributed by atoms with Gasteiger partial charge in [0.2, 0.25) is 0 Å². The second-order valence-corrected chi connectivity index (χ2v) is 10.5. The van der Waals surface area contributed by atoms with E-state index >= 15 is 0 Å². The molecule has 0 saturated heterocycles. The van der Waals surface area contributed by atoms with Crippen LogP contribution in [0.2, 0.25) is 0 Å². The van der Waals surface area contributed by atoms with Gasteiger partial charge in [-0.1, -0.05) is 127 Å². The van der Waals surface area contributed by atoms with E-state index in [-0.39, 0.29) is 25.2 Å². The van der Waals surface area contributed by atoms with Crippen molar-refractivity contribution >= 4 is 11.9 Å². The van der Waals surface area contributed by atoms with Gasteiger partial charge in [-0.05, 0) is 51.4 Å². The van der Waals surface area contributed by atoms with Crippen LogP contribution in [-0.2, 0) is 19.1 Å². The van der Waals surface area contributed by atoms with Gasteiger partial charge < -0.3 is 14.6 Å². The monoisotopic (exact) mass is 560 g/mol. The van der Waals surface area contributed by atoms with Crippen LogP contribution in [0.5, 0.6) is 0 Å². The number of hydrogen-bond donors (Lipinski definition) is 1. The summed E-state index contributed by atoms with van der Waals surface area (Å²) in [5, 5.41) is 9.48. The molecule has 0 heterocycles. The largest absolute Gasteiger partial charge is 0.462 e. The number of hydrogen-bond acceptors (Lipinski definition) is 5. The van der Waals surface area contributed by atoms with Crippen LogP contribution in [0, 0.1) is 0 Å². The Morgan fingerprint density at radius 1 is 0.600 bits per heavy atom. The predicted octanol–water partition coefficient (Wildman–Crippen LogP) is 9.50. The first kappa shape index (κ1) is 37.9. The van der Waals surface area contributed by atoms with Crippen molar-refractivity contribution in [3.8, 4) is 0 Å². The van der Waals surface area contributed by atoms with E-state index in [4.69, 9.17) is 9.47 Å². The number of allylic oxidation sites excluding steroid dienone is 8. The van der Waals surface area contributed by atoms with Crippen molar-refractivity contribution < 1.29 is 24.2 Å². The molecular formula is C35H60O5. The minimum Gasteiger partial charge on any atom is -0.462 e.